The zero-order valence-corrected chi connectivity index (χ0v) is 11.1. The molecule has 1 aliphatic rings. The number of halogens is 1. The smallest absolute Gasteiger partial charge is 0.330 e. The fourth-order valence-electron chi connectivity index (χ4n) is 1.85. The fourth-order valence-corrected chi connectivity index (χ4v) is 2.57. The molecule has 0 amide bonds. The highest BCUT2D eigenvalue weighted by Gasteiger charge is 2.43. The minimum absolute atomic E-state index is 0.350. The highest BCUT2D eigenvalue weighted by molar-refractivity contribution is 9.09. The lowest BCUT2D eigenvalue weighted by molar-refractivity contribution is -0.0457. The van der Waals surface area contributed by atoms with Crippen molar-refractivity contribution in [1.82, 2.24) is 9.55 Å². The summed E-state index contributed by atoms with van der Waals surface area (Å²) in [4.78, 5) is 24.6. The minimum atomic E-state index is -0.931. The third kappa shape index (κ3) is 2.16. The Morgan fingerprint density at radius 3 is 2.78 bits per heavy atom. The Morgan fingerprint density at radius 1 is 1.56 bits per heavy atom. The number of aliphatic hydroxyl groups excluding tert-OH is 2. The zero-order chi connectivity index (χ0) is 13.4. The van der Waals surface area contributed by atoms with Gasteiger partial charge in [-0.3, -0.25) is 14.3 Å². The Morgan fingerprint density at radius 2 is 2.22 bits per heavy atom. The first-order valence-electron chi connectivity index (χ1n) is 5.36. The molecule has 2 rings (SSSR count). The Bertz CT molecular complexity index is 554. The van der Waals surface area contributed by atoms with Crippen LogP contribution >= 0.6 is 15.9 Å². The molecule has 2 heterocycles. The molecule has 3 N–H and O–H groups in total. The van der Waals surface area contributed by atoms with Gasteiger partial charge in [0.05, 0.1) is 17.5 Å². The van der Waals surface area contributed by atoms with E-state index in [1.165, 1.54) is 10.8 Å². The SMILES string of the molecule is Cc1cn([C@H]2O[C@@H](CO)[C@H](O)C2Br)c(=O)[nH]c1=O. The van der Waals surface area contributed by atoms with E-state index in [0.29, 0.717) is 5.56 Å². The van der Waals surface area contributed by atoms with Crippen molar-refractivity contribution in [2.75, 3.05) is 6.61 Å². The summed E-state index contributed by atoms with van der Waals surface area (Å²) in [6.07, 6.45) is -1.11. The van der Waals surface area contributed by atoms with Crippen molar-refractivity contribution >= 4 is 15.9 Å². The number of ether oxygens (including phenoxy) is 1. The van der Waals surface area contributed by atoms with Gasteiger partial charge >= 0.3 is 5.69 Å². The van der Waals surface area contributed by atoms with Crippen LogP contribution in [0.1, 0.15) is 11.8 Å². The lowest BCUT2D eigenvalue weighted by atomic mass is 10.2. The summed E-state index contributed by atoms with van der Waals surface area (Å²) in [6, 6.07) is 0. The largest absolute Gasteiger partial charge is 0.394 e. The summed E-state index contributed by atoms with van der Waals surface area (Å²) in [6.45, 7) is 1.21. The van der Waals surface area contributed by atoms with E-state index in [1.54, 1.807) is 6.92 Å². The number of hydrogen-bond donors (Lipinski definition) is 3. The average Bonchev–Trinajstić information content (AvgIpc) is 2.61. The van der Waals surface area contributed by atoms with Crippen LogP contribution in [0.15, 0.2) is 15.8 Å². The van der Waals surface area contributed by atoms with Crippen LogP contribution in [0.5, 0.6) is 0 Å². The third-order valence-electron chi connectivity index (χ3n) is 2.89. The molecular formula is C10H13BrN2O5. The lowest BCUT2D eigenvalue weighted by Crippen LogP contribution is -2.36. The van der Waals surface area contributed by atoms with Crippen LogP contribution < -0.4 is 11.2 Å². The molecule has 7 nitrogen and oxygen atoms in total. The molecule has 18 heavy (non-hydrogen) atoms. The number of alkyl halides is 1. The highest BCUT2D eigenvalue weighted by atomic mass is 79.9. The average molecular weight is 321 g/mol. The van der Waals surface area contributed by atoms with Crippen LogP contribution in [-0.4, -0.2) is 43.4 Å². The second-order valence-electron chi connectivity index (χ2n) is 4.16. The number of rotatable bonds is 2. The normalized spacial score (nSPS) is 31.8. The highest BCUT2D eigenvalue weighted by Crippen LogP contribution is 2.33. The monoisotopic (exact) mass is 320 g/mol. The number of H-pyrrole nitrogens is 1. The van der Waals surface area contributed by atoms with Gasteiger partial charge in [-0.25, -0.2) is 4.79 Å². The number of aromatic nitrogens is 2. The molecule has 0 radical (unpaired) electrons. The molecule has 0 aromatic carbocycles. The van der Waals surface area contributed by atoms with Crippen molar-refractivity contribution in [3.8, 4) is 0 Å². The van der Waals surface area contributed by atoms with Crippen LogP contribution in [0.4, 0.5) is 0 Å². The van der Waals surface area contributed by atoms with Crippen molar-refractivity contribution in [2.24, 2.45) is 0 Å². The predicted molar refractivity (Wildman–Crippen MR) is 65.8 cm³/mol. The molecule has 0 saturated carbocycles. The molecule has 0 aliphatic carbocycles. The Hall–Kier alpha value is -0.960. The van der Waals surface area contributed by atoms with E-state index in [1.807, 2.05) is 0 Å². The van der Waals surface area contributed by atoms with Crippen LogP contribution in [0.25, 0.3) is 0 Å². The molecule has 1 saturated heterocycles. The fraction of sp³-hybridized carbons (Fsp3) is 0.600. The summed E-state index contributed by atoms with van der Waals surface area (Å²) in [7, 11) is 0. The number of nitrogens with zero attached hydrogens (tertiary/aromatic N) is 1. The molecule has 1 aromatic rings. The van der Waals surface area contributed by atoms with E-state index in [-0.39, 0.29) is 6.61 Å². The van der Waals surface area contributed by atoms with E-state index in [0.717, 1.165) is 0 Å². The van der Waals surface area contributed by atoms with E-state index in [2.05, 4.69) is 20.9 Å². The van der Waals surface area contributed by atoms with Gasteiger partial charge < -0.3 is 14.9 Å². The third-order valence-corrected chi connectivity index (χ3v) is 3.89. The first-order valence-corrected chi connectivity index (χ1v) is 6.27. The van der Waals surface area contributed by atoms with Crippen molar-refractivity contribution < 1.29 is 14.9 Å². The summed E-state index contributed by atoms with van der Waals surface area (Å²) >= 11 is 3.23. The molecule has 1 unspecified atom stereocenters. The maximum absolute atomic E-state index is 11.7. The maximum Gasteiger partial charge on any atom is 0.330 e. The van der Waals surface area contributed by atoms with Crippen molar-refractivity contribution in [2.45, 2.75) is 30.2 Å². The molecule has 1 aliphatic heterocycles. The molecule has 0 bridgehead atoms. The molecule has 1 aromatic heterocycles. The second kappa shape index (κ2) is 4.96. The van der Waals surface area contributed by atoms with Gasteiger partial charge in [0.2, 0.25) is 0 Å². The molecule has 100 valence electrons. The first-order chi connectivity index (χ1) is 8.45. The van der Waals surface area contributed by atoms with Crippen molar-refractivity contribution in [3.05, 3.63) is 32.6 Å². The molecule has 1 fully saturated rings. The second-order valence-corrected chi connectivity index (χ2v) is 5.22. The summed E-state index contributed by atoms with van der Waals surface area (Å²) in [5.74, 6) is 0. The van der Waals surface area contributed by atoms with Gasteiger partial charge in [-0.05, 0) is 6.92 Å². The molecule has 8 heteroatoms. The maximum atomic E-state index is 11.7. The van der Waals surface area contributed by atoms with Gasteiger partial charge in [0.1, 0.15) is 6.10 Å². The summed E-state index contributed by atoms with van der Waals surface area (Å²) in [5.41, 5.74) is -0.717. The Labute approximate surface area is 110 Å². The molecule has 0 spiro atoms. The number of nitrogens with one attached hydrogen (secondary N) is 1. The Balaban J connectivity index is 2.42. The van der Waals surface area contributed by atoms with Crippen molar-refractivity contribution in [1.29, 1.82) is 0 Å². The quantitative estimate of drug-likeness (QED) is 0.597. The predicted octanol–water partition coefficient (Wildman–Crippen LogP) is -1.14. The summed E-state index contributed by atoms with van der Waals surface area (Å²) in [5, 5.41) is 18.8. The Kier molecular flexibility index (Phi) is 3.71. The standard InChI is InChI=1S/C10H13BrN2O5/c1-4-2-13(10(17)12-8(4)16)9-6(11)7(15)5(3-14)18-9/h2,5-7,9,14-15H,3H2,1H3,(H,12,16,17)/t5-,6?,7-,9-/m0/s1. The zero-order valence-electron chi connectivity index (χ0n) is 9.54. The van der Waals surface area contributed by atoms with E-state index >= 15 is 0 Å². The number of aromatic amines is 1. The van der Waals surface area contributed by atoms with Gasteiger partial charge in [0, 0.05) is 11.8 Å². The summed E-state index contributed by atoms with van der Waals surface area (Å²) < 4.78 is 6.58. The first kappa shape index (κ1) is 13.5. The van der Waals surface area contributed by atoms with Crippen LogP contribution in [0, 0.1) is 6.92 Å². The van der Waals surface area contributed by atoms with Crippen molar-refractivity contribution in [3.63, 3.8) is 0 Å². The van der Waals surface area contributed by atoms with E-state index in [4.69, 9.17) is 9.84 Å². The van der Waals surface area contributed by atoms with Crippen LogP contribution in [-0.2, 0) is 4.74 Å². The minimum Gasteiger partial charge on any atom is -0.394 e. The van der Waals surface area contributed by atoms with Gasteiger partial charge in [0.25, 0.3) is 5.56 Å². The number of hydrogen-bond acceptors (Lipinski definition) is 5. The van der Waals surface area contributed by atoms with Gasteiger partial charge in [-0.2, -0.15) is 0 Å². The van der Waals surface area contributed by atoms with Gasteiger partial charge in [-0.1, -0.05) is 15.9 Å². The number of aliphatic hydroxyl groups is 2. The topological polar surface area (TPSA) is 105 Å². The lowest BCUT2D eigenvalue weighted by Gasteiger charge is -2.17. The molecule has 4 atom stereocenters. The van der Waals surface area contributed by atoms with Crippen LogP contribution in [0.2, 0.25) is 0 Å². The van der Waals surface area contributed by atoms with Gasteiger partial charge in [0.15, 0.2) is 6.23 Å². The van der Waals surface area contributed by atoms with Crippen LogP contribution in [0.3, 0.4) is 0 Å². The van der Waals surface area contributed by atoms with E-state index < -0.39 is 34.5 Å². The van der Waals surface area contributed by atoms with E-state index in [9.17, 15) is 14.7 Å². The molecular weight excluding hydrogens is 308 g/mol. The number of aryl methyl sites for hydroxylation is 1. The van der Waals surface area contributed by atoms with Gasteiger partial charge in [-0.15, -0.1) is 0 Å².